The fourth-order valence-corrected chi connectivity index (χ4v) is 6.32. The second-order valence-electron chi connectivity index (χ2n) is 11.7. The van der Waals surface area contributed by atoms with Gasteiger partial charge in [0, 0.05) is 18.5 Å². The number of ether oxygens (including phenoxy) is 4. The summed E-state index contributed by atoms with van der Waals surface area (Å²) in [5.41, 5.74) is 0.532. The molecule has 16 heteroatoms. The second-order valence-corrected chi connectivity index (χ2v) is 14.4. The lowest BCUT2D eigenvalue weighted by Gasteiger charge is -2.23. The van der Waals surface area contributed by atoms with E-state index in [4.69, 9.17) is 37.4 Å². The number of carbonyl (C=O) groups is 2. The fourth-order valence-electron chi connectivity index (χ4n) is 4.81. The molecule has 1 heterocycles. The number of pyridine rings is 1. The molecule has 48 heavy (non-hydrogen) atoms. The number of carbonyl (C=O) groups excluding carboxylic acids is 2. The zero-order chi connectivity index (χ0) is 34.6. The average Bonchev–Trinajstić information content (AvgIpc) is 3.95. The molecule has 3 aromatic rings. The van der Waals surface area contributed by atoms with E-state index in [1.807, 2.05) is 0 Å². The lowest BCUT2D eigenvalue weighted by Crippen LogP contribution is -2.32. The molecule has 2 saturated carbocycles. The molecule has 2 aliphatic carbocycles. The molecule has 0 amide bonds. The number of aromatic amines is 1. The Morgan fingerprint density at radius 1 is 1.02 bits per heavy atom. The van der Waals surface area contributed by atoms with Gasteiger partial charge in [-0.1, -0.05) is 29.3 Å². The molecular weight excluding hydrogens is 697 g/mol. The van der Waals surface area contributed by atoms with Crippen LogP contribution in [0, 0.1) is 11.8 Å². The van der Waals surface area contributed by atoms with Crippen LogP contribution in [0.25, 0.3) is 0 Å². The SMILES string of the molecule is CS(=O)(=O)N(CC1CC1)c1ccc(O)c(C(=O)OCC(=O)O[C@@H](Cc2c(Cl)c[nH+]cc2Cl)c2ccc(OC(F)F)c(OCC3CC3)c2)c1. The van der Waals surface area contributed by atoms with E-state index < -0.39 is 47.0 Å². The van der Waals surface area contributed by atoms with E-state index in [1.165, 1.54) is 48.8 Å². The summed E-state index contributed by atoms with van der Waals surface area (Å²) >= 11 is 12.7. The van der Waals surface area contributed by atoms with Crippen molar-refractivity contribution in [1.82, 2.24) is 0 Å². The number of esters is 2. The molecule has 1 aromatic heterocycles. The van der Waals surface area contributed by atoms with Crippen molar-refractivity contribution in [2.75, 3.05) is 30.3 Å². The summed E-state index contributed by atoms with van der Waals surface area (Å²) in [6.45, 7) is -3.49. The summed E-state index contributed by atoms with van der Waals surface area (Å²) in [6.07, 6.45) is 6.48. The van der Waals surface area contributed by atoms with Gasteiger partial charge in [-0.2, -0.15) is 8.78 Å². The molecule has 0 spiro atoms. The lowest BCUT2D eigenvalue weighted by molar-refractivity contribution is -0.377. The third kappa shape index (κ3) is 9.60. The van der Waals surface area contributed by atoms with Crippen molar-refractivity contribution in [3.05, 3.63) is 75.5 Å². The van der Waals surface area contributed by atoms with Crippen molar-refractivity contribution in [2.45, 2.75) is 44.8 Å². The minimum absolute atomic E-state index is 0.0194. The molecule has 258 valence electrons. The minimum Gasteiger partial charge on any atom is -0.507 e. The van der Waals surface area contributed by atoms with Crippen LogP contribution in [0.1, 0.15) is 53.3 Å². The maximum Gasteiger partial charge on any atom is 0.387 e. The Balaban J connectivity index is 1.34. The van der Waals surface area contributed by atoms with Gasteiger partial charge in [-0.25, -0.2) is 23.0 Å². The molecule has 2 fully saturated rings. The number of nitrogens with zero attached hydrogens (tertiary/aromatic N) is 1. The van der Waals surface area contributed by atoms with E-state index in [0.717, 1.165) is 36.2 Å². The van der Waals surface area contributed by atoms with E-state index >= 15 is 0 Å². The Labute approximate surface area is 285 Å². The normalized spacial score (nSPS) is 15.1. The number of nitrogens with one attached hydrogen (secondary N) is 1. The van der Waals surface area contributed by atoms with Crippen LogP contribution in [0.15, 0.2) is 48.8 Å². The molecule has 11 nitrogen and oxygen atoms in total. The van der Waals surface area contributed by atoms with Crippen LogP contribution in [0.2, 0.25) is 10.0 Å². The zero-order valence-corrected chi connectivity index (χ0v) is 28.0. The number of sulfonamides is 1. The first kappa shape index (κ1) is 35.4. The highest BCUT2D eigenvalue weighted by Crippen LogP contribution is 2.38. The van der Waals surface area contributed by atoms with Crippen molar-refractivity contribution < 1.29 is 55.8 Å². The molecule has 1 atom stereocenters. The number of aromatic nitrogens is 1. The standard InChI is InChI=1S/C32H32Cl2F2N2O9S/c1-48(42,43)38(15-18-2-3-18)21-7-8-26(39)23(11-21)31(41)45-17-30(40)46-28(12-22-24(33)13-37-14-25(22)34)20-6-9-27(47-32(35)36)29(10-20)44-16-19-4-5-19/h6-11,13-14,18-19,28,32,39H,2-5,12,15-17H2,1H3/p+1/t28-/m0/s1. The number of alkyl halides is 2. The molecule has 0 bridgehead atoms. The third-order valence-electron chi connectivity index (χ3n) is 7.72. The van der Waals surface area contributed by atoms with Gasteiger partial charge in [0.15, 0.2) is 30.5 Å². The Hall–Kier alpha value is -3.88. The Morgan fingerprint density at radius 2 is 1.71 bits per heavy atom. The molecule has 0 unspecified atom stereocenters. The topological polar surface area (TPSA) is 143 Å². The van der Waals surface area contributed by atoms with E-state index in [9.17, 15) is 31.9 Å². The number of benzene rings is 2. The van der Waals surface area contributed by atoms with Crippen LogP contribution in [0.3, 0.4) is 0 Å². The van der Waals surface area contributed by atoms with E-state index in [2.05, 4.69) is 9.72 Å². The zero-order valence-electron chi connectivity index (χ0n) is 25.7. The average molecular weight is 731 g/mol. The molecular formula is C32H33Cl2F2N2O9S+. The quantitative estimate of drug-likeness (QED) is 0.182. The second kappa shape index (κ2) is 15.1. The first-order chi connectivity index (χ1) is 22.8. The van der Waals surface area contributed by atoms with Gasteiger partial charge in [-0.3, -0.25) is 4.31 Å². The molecule has 2 N–H and O–H groups in total. The predicted octanol–water partition coefficient (Wildman–Crippen LogP) is 5.76. The molecule has 0 saturated heterocycles. The molecule has 0 radical (unpaired) electrons. The monoisotopic (exact) mass is 729 g/mol. The van der Waals surface area contributed by atoms with Crippen LogP contribution in [0.5, 0.6) is 17.2 Å². The summed E-state index contributed by atoms with van der Waals surface area (Å²) in [5, 5.41) is 10.8. The van der Waals surface area contributed by atoms with Gasteiger partial charge in [0.25, 0.3) is 0 Å². The molecule has 0 aliphatic heterocycles. The van der Waals surface area contributed by atoms with Crippen LogP contribution >= 0.6 is 23.2 Å². The fraction of sp³-hybridized carbons (Fsp3) is 0.406. The summed E-state index contributed by atoms with van der Waals surface area (Å²) in [6, 6.07) is 7.82. The van der Waals surface area contributed by atoms with Crippen LogP contribution in [-0.2, 0) is 30.7 Å². The minimum atomic E-state index is -3.69. The Morgan fingerprint density at radius 3 is 2.33 bits per heavy atom. The summed E-state index contributed by atoms with van der Waals surface area (Å²) in [5.74, 6) is -2.28. The van der Waals surface area contributed by atoms with Crippen LogP contribution < -0.4 is 18.8 Å². The number of H-pyrrole nitrogens is 1. The van der Waals surface area contributed by atoms with Crippen LogP contribution in [0.4, 0.5) is 14.5 Å². The molecule has 2 aromatic carbocycles. The molecule has 5 rings (SSSR count). The first-order valence-electron chi connectivity index (χ1n) is 15.0. The van der Waals surface area contributed by atoms with E-state index in [1.54, 1.807) is 0 Å². The van der Waals surface area contributed by atoms with Gasteiger partial charge < -0.3 is 24.1 Å². The van der Waals surface area contributed by atoms with Gasteiger partial charge in [0.05, 0.1) is 18.6 Å². The highest BCUT2D eigenvalue weighted by atomic mass is 35.5. The summed E-state index contributed by atoms with van der Waals surface area (Å²) in [4.78, 5) is 28.8. The van der Waals surface area contributed by atoms with Gasteiger partial charge in [-0.05, 0) is 73.4 Å². The van der Waals surface area contributed by atoms with Crippen molar-refractivity contribution in [2.24, 2.45) is 11.8 Å². The number of hydrogen-bond acceptors (Lipinski definition) is 9. The predicted molar refractivity (Wildman–Crippen MR) is 170 cm³/mol. The highest BCUT2D eigenvalue weighted by molar-refractivity contribution is 7.92. The largest absolute Gasteiger partial charge is 0.507 e. The number of phenols is 1. The van der Waals surface area contributed by atoms with E-state index in [-0.39, 0.29) is 58.3 Å². The number of aromatic hydroxyl groups is 1. The molecule has 2 aliphatic rings. The van der Waals surface area contributed by atoms with Gasteiger partial charge >= 0.3 is 18.6 Å². The Bertz CT molecular complexity index is 1750. The van der Waals surface area contributed by atoms with Crippen molar-refractivity contribution in [3.63, 3.8) is 0 Å². The van der Waals surface area contributed by atoms with Crippen LogP contribution in [-0.4, -0.2) is 58.1 Å². The third-order valence-corrected chi connectivity index (χ3v) is 9.55. The van der Waals surface area contributed by atoms with Gasteiger partial charge in [0.1, 0.15) is 27.5 Å². The van der Waals surface area contributed by atoms with Crippen molar-refractivity contribution in [1.29, 1.82) is 0 Å². The number of phenolic OH excluding ortho intramolecular Hbond substituents is 1. The number of anilines is 1. The van der Waals surface area contributed by atoms with Crippen molar-refractivity contribution in [3.8, 4) is 17.2 Å². The highest BCUT2D eigenvalue weighted by Gasteiger charge is 2.30. The number of halogens is 4. The van der Waals surface area contributed by atoms with Gasteiger partial charge in [0.2, 0.25) is 10.0 Å². The Kier molecular flexibility index (Phi) is 11.2. The maximum absolute atomic E-state index is 13.1. The number of rotatable bonds is 16. The van der Waals surface area contributed by atoms with Gasteiger partial charge in [-0.15, -0.1) is 0 Å². The smallest absolute Gasteiger partial charge is 0.387 e. The summed E-state index contributed by atoms with van der Waals surface area (Å²) < 4.78 is 73.5. The summed E-state index contributed by atoms with van der Waals surface area (Å²) in [7, 11) is -3.69. The first-order valence-corrected chi connectivity index (χ1v) is 17.6. The maximum atomic E-state index is 13.1. The van der Waals surface area contributed by atoms with E-state index in [0.29, 0.717) is 17.0 Å². The van der Waals surface area contributed by atoms with Crippen molar-refractivity contribution >= 4 is 50.9 Å². The lowest BCUT2D eigenvalue weighted by atomic mass is 10.0. The number of hydrogen-bond donors (Lipinski definition) is 1.